The number of hydrogen-bond acceptors (Lipinski definition) is 2. The molecule has 0 bridgehead atoms. The quantitative estimate of drug-likeness (QED) is 0.820. The van der Waals surface area contributed by atoms with Gasteiger partial charge in [0.15, 0.2) is 0 Å². The van der Waals surface area contributed by atoms with E-state index in [2.05, 4.69) is 39.1 Å². The largest absolute Gasteiger partial charge is 0.308 e. The third-order valence-electron chi connectivity index (χ3n) is 3.25. The van der Waals surface area contributed by atoms with E-state index in [9.17, 15) is 0 Å². The first-order valence-electron chi connectivity index (χ1n) is 6.79. The van der Waals surface area contributed by atoms with Gasteiger partial charge < -0.3 is 5.32 Å². The lowest BCUT2D eigenvalue weighted by atomic mass is 10.0. The van der Waals surface area contributed by atoms with Crippen LogP contribution >= 0.6 is 0 Å². The van der Waals surface area contributed by atoms with Gasteiger partial charge >= 0.3 is 0 Å². The van der Waals surface area contributed by atoms with Gasteiger partial charge in [-0.1, -0.05) is 26.0 Å². The third kappa shape index (κ3) is 4.89. The van der Waals surface area contributed by atoms with E-state index in [1.165, 1.54) is 18.4 Å². The fourth-order valence-corrected chi connectivity index (χ4v) is 2.04. The highest BCUT2D eigenvalue weighted by atomic mass is 14.9. The standard InChI is InChI=1S/C16H24N2/c1-12(2)5-6-13(3)18-14(4)16-9-7-15(11-17)8-10-16/h7-10,12-14,18H,5-6H2,1-4H3. The number of nitrogens with one attached hydrogen (secondary N) is 1. The molecule has 0 fully saturated rings. The molecule has 0 saturated carbocycles. The smallest absolute Gasteiger partial charge is 0.0991 e. The van der Waals surface area contributed by atoms with Gasteiger partial charge in [-0.15, -0.1) is 0 Å². The van der Waals surface area contributed by atoms with E-state index in [0.29, 0.717) is 12.1 Å². The van der Waals surface area contributed by atoms with Gasteiger partial charge in [-0.25, -0.2) is 0 Å². The second-order valence-electron chi connectivity index (χ2n) is 5.49. The lowest BCUT2D eigenvalue weighted by Gasteiger charge is -2.21. The van der Waals surface area contributed by atoms with Gasteiger partial charge in [0.05, 0.1) is 11.6 Å². The van der Waals surface area contributed by atoms with Crippen LogP contribution in [0.25, 0.3) is 0 Å². The SMILES string of the molecule is CC(C)CCC(C)NC(C)c1ccc(C#N)cc1. The maximum Gasteiger partial charge on any atom is 0.0991 e. The molecule has 1 aromatic carbocycles. The number of nitrogens with zero attached hydrogens (tertiary/aromatic N) is 1. The molecule has 1 N–H and O–H groups in total. The van der Waals surface area contributed by atoms with Crippen molar-refractivity contribution < 1.29 is 0 Å². The topological polar surface area (TPSA) is 35.8 Å². The average molecular weight is 244 g/mol. The van der Waals surface area contributed by atoms with Crippen LogP contribution in [-0.4, -0.2) is 6.04 Å². The van der Waals surface area contributed by atoms with Crippen molar-refractivity contribution in [1.82, 2.24) is 5.32 Å². The van der Waals surface area contributed by atoms with E-state index in [1.807, 2.05) is 24.3 Å². The molecule has 0 saturated heterocycles. The number of rotatable bonds is 6. The normalized spacial score (nSPS) is 14.2. The molecule has 2 nitrogen and oxygen atoms in total. The van der Waals surface area contributed by atoms with E-state index < -0.39 is 0 Å². The highest BCUT2D eigenvalue weighted by Crippen LogP contribution is 2.15. The van der Waals surface area contributed by atoms with Crippen LogP contribution in [-0.2, 0) is 0 Å². The first-order valence-corrected chi connectivity index (χ1v) is 6.79. The maximum absolute atomic E-state index is 8.77. The summed E-state index contributed by atoms with van der Waals surface area (Å²) in [5, 5.41) is 12.4. The molecule has 0 aliphatic rings. The minimum atomic E-state index is 0.333. The van der Waals surface area contributed by atoms with Crippen LogP contribution in [0.4, 0.5) is 0 Å². The Balaban J connectivity index is 2.48. The van der Waals surface area contributed by atoms with Gasteiger partial charge in [-0.05, 0) is 50.3 Å². The van der Waals surface area contributed by atoms with Crippen LogP contribution in [0.1, 0.15) is 57.7 Å². The predicted octanol–water partition coefficient (Wildman–Crippen LogP) is 4.03. The summed E-state index contributed by atoms with van der Waals surface area (Å²) in [6.45, 7) is 8.93. The van der Waals surface area contributed by atoms with E-state index in [0.717, 1.165) is 11.5 Å². The van der Waals surface area contributed by atoms with Gasteiger partial charge in [0.25, 0.3) is 0 Å². The van der Waals surface area contributed by atoms with Crippen LogP contribution in [0.2, 0.25) is 0 Å². The molecule has 2 unspecified atom stereocenters. The molecule has 2 heteroatoms. The Morgan fingerprint density at radius 1 is 1.06 bits per heavy atom. The summed E-state index contributed by atoms with van der Waals surface area (Å²) < 4.78 is 0. The highest BCUT2D eigenvalue weighted by molar-refractivity contribution is 5.32. The van der Waals surface area contributed by atoms with Crippen molar-refractivity contribution in [3.8, 4) is 6.07 Å². The summed E-state index contributed by atoms with van der Waals surface area (Å²) in [6.07, 6.45) is 2.46. The second-order valence-corrected chi connectivity index (χ2v) is 5.49. The van der Waals surface area contributed by atoms with Crippen LogP contribution in [0.3, 0.4) is 0 Å². The van der Waals surface area contributed by atoms with Crippen molar-refractivity contribution >= 4 is 0 Å². The summed E-state index contributed by atoms with van der Waals surface area (Å²) in [7, 11) is 0. The molecule has 1 aromatic rings. The monoisotopic (exact) mass is 244 g/mol. The van der Waals surface area contributed by atoms with Crippen molar-refractivity contribution in [1.29, 1.82) is 5.26 Å². The van der Waals surface area contributed by atoms with Gasteiger partial charge in [-0.3, -0.25) is 0 Å². The molecule has 0 heterocycles. The minimum absolute atomic E-state index is 0.333. The van der Waals surface area contributed by atoms with Gasteiger partial charge in [0, 0.05) is 12.1 Å². The molecule has 0 aromatic heterocycles. The lowest BCUT2D eigenvalue weighted by Crippen LogP contribution is -2.29. The molecule has 98 valence electrons. The van der Waals surface area contributed by atoms with Gasteiger partial charge in [0.2, 0.25) is 0 Å². The lowest BCUT2D eigenvalue weighted by molar-refractivity contribution is 0.417. The van der Waals surface area contributed by atoms with Gasteiger partial charge in [-0.2, -0.15) is 5.26 Å². The molecule has 0 aliphatic heterocycles. The fraction of sp³-hybridized carbons (Fsp3) is 0.562. The summed E-state index contributed by atoms with van der Waals surface area (Å²) in [5.41, 5.74) is 1.96. The molecule has 0 spiro atoms. The van der Waals surface area contributed by atoms with E-state index in [1.54, 1.807) is 0 Å². The Labute approximate surface area is 111 Å². The molecule has 1 rings (SSSR count). The molecule has 0 aliphatic carbocycles. The van der Waals surface area contributed by atoms with Crippen LogP contribution in [0.5, 0.6) is 0 Å². The average Bonchev–Trinajstić information content (AvgIpc) is 2.36. The zero-order valence-electron chi connectivity index (χ0n) is 11.9. The molecular weight excluding hydrogens is 220 g/mol. The van der Waals surface area contributed by atoms with Crippen molar-refractivity contribution in [3.63, 3.8) is 0 Å². The third-order valence-corrected chi connectivity index (χ3v) is 3.25. The second kappa shape index (κ2) is 7.18. The Morgan fingerprint density at radius 3 is 2.17 bits per heavy atom. The van der Waals surface area contributed by atoms with Crippen LogP contribution < -0.4 is 5.32 Å². The first-order chi connectivity index (χ1) is 8.52. The Morgan fingerprint density at radius 2 is 1.67 bits per heavy atom. The van der Waals surface area contributed by atoms with Gasteiger partial charge in [0.1, 0.15) is 0 Å². The Hall–Kier alpha value is -1.33. The zero-order valence-corrected chi connectivity index (χ0v) is 11.9. The van der Waals surface area contributed by atoms with Crippen molar-refractivity contribution in [3.05, 3.63) is 35.4 Å². The molecule has 0 radical (unpaired) electrons. The molecule has 18 heavy (non-hydrogen) atoms. The Bertz CT molecular complexity index is 387. The number of nitriles is 1. The minimum Gasteiger partial charge on any atom is -0.308 e. The maximum atomic E-state index is 8.77. The molecule has 0 amide bonds. The van der Waals surface area contributed by atoms with E-state index in [-0.39, 0.29) is 0 Å². The van der Waals surface area contributed by atoms with E-state index >= 15 is 0 Å². The summed E-state index contributed by atoms with van der Waals surface area (Å²) in [4.78, 5) is 0. The predicted molar refractivity (Wildman–Crippen MR) is 76.2 cm³/mol. The number of benzene rings is 1. The number of hydrogen-bond donors (Lipinski definition) is 1. The first kappa shape index (κ1) is 14.7. The van der Waals surface area contributed by atoms with E-state index in [4.69, 9.17) is 5.26 Å². The molecular formula is C16H24N2. The fourth-order valence-electron chi connectivity index (χ4n) is 2.04. The highest BCUT2D eigenvalue weighted by Gasteiger charge is 2.09. The summed E-state index contributed by atoms with van der Waals surface area (Å²) in [5.74, 6) is 0.763. The van der Waals surface area contributed by atoms with Crippen molar-refractivity contribution in [2.45, 2.75) is 52.6 Å². The molecule has 2 atom stereocenters. The zero-order chi connectivity index (χ0) is 13.5. The van der Waals surface area contributed by atoms with Crippen molar-refractivity contribution in [2.75, 3.05) is 0 Å². The van der Waals surface area contributed by atoms with Crippen molar-refractivity contribution in [2.24, 2.45) is 5.92 Å². The Kier molecular flexibility index (Phi) is 5.88. The summed E-state index contributed by atoms with van der Waals surface area (Å²) >= 11 is 0. The van der Waals surface area contributed by atoms with Crippen LogP contribution in [0, 0.1) is 17.2 Å². The summed E-state index contributed by atoms with van der Waals surface area (Å²) in [6, 6.07) is 10.8. The van der Waals surface area contributed by atoms with Crippen LogP contribution in [0.15, 0.2) is 24.3 Å².